The van der Waals surface area contributed by atoms with Crippen LogP contribution in [0.25, 0.3) is 11.4 Å². The summed E-state index contributed by atoms with van der Waals surface area (Å²) >= 11 is 0. The van der Waals surface area contributed by atoms with Crippen LogP contribution in [0.15, 0.2) is 58.2 Å². The van der Waals surface area contributed by atoms with Gasteiger partial charge in [0.25, 0.3) is 0 Å². The number of amides is 1. The molecule has 1 aliphatic heterocycles. The molecule has 1 saturated heterocycles. The largest absolute Gasteiger partial charge is 0.339 e. The van der Waals surface area contributed by atoms with Crippen molar-refractivity contribution in [1.29, 1.82) is 0 Å². The standard InChI is InChI=1S/C18H17N5O4S/c1-12(24)20-15-4-6-16(7-5-15)28(25,26)23-10-14(11-23)18-21-17(22-27-18)13-3-2-8-19-9-13/h2-9,14H,10-11H2,1H3,(H,20,24). The number of aromatic nitrogens is 3. The van der Waals surface area contributed by atoms with Crippen molar-refractivity contribution in [3.8, 4) is 11.4 Å². The molecule has 144 valence electrons. The molecule has 1 amide bonds. The van der Waals surface area contributed by atoms with Crippen molar-refractivity contribution in [3.63, 3.8) is 0 Å². The van der Waals surface area contributed by atoms with Gasteiger partial charge in [0.05, 0.1) is 10.8 Å². The Bertz CT molecular complexity index is 1090. The van der Waals surface area contributed by atoms with Crippen molar-refractivity contribution in [2.24, 2.45) is 0 Å². The molecule has 1 fully saturated rings. The van der Waals surface area contributed by atoms with Crippen LogP contribution in [-0.4, -0.2) is 46.8 Å². The van der Waals surface area contributed by atoms with Gasteiger partial charge < -0.3 is 9.84 Å². The molecule has 28 heavy (non-hydrogen) atoms. The van der Waals surface area contributed by atoms with Crippen LogP contribution in [0.1, 0.15) is 18.7 Å². The van der Waals surface area contributed by atoms with E-state index in [1.807, 2.05) is 6.07 Å². The molecule has 4 rings (SSSR count). The van der Waals surface area contributed by atoms with E-state index < -0.39 is 10.0 Å². The number of rotatable bonds is 5. The second-order valence-corrected chi connectivity index (χ2v) is 8.36. The van der Waals surface area contributed by atoms with Crippen molar-refractivity contribution in [1.82, 2.24) is 19.4 Å². The lowest BCUT2D eigenvalue weighted by molar-refractivity contribution is -0.114. The number of benzene rings is 1. The number of sulfonamides is 1. The van der Waals surface area contributed by atoms with Crippen molar-refractivity contribution in [3.05, 3.63) is 54.7 Å². The molecule has 3 aromatic rings. The maximum Gasteiger partial charge on any atom is 0.243 e. The molecule has 0 aliphatic carbocycles. The number of carbonyl (C=O) groups is 1. The second kappa shape index (κ2) is 7.13. The van der Waals surface area contributed by atoms with Gasteiger partial charge in [-0.1, -0.05) is 5.16 Å². The smallest absolute Gasteiger partial charge is 0.243 e. The summed E-state index contributed by atoms with van der Waals surface area (Å²) in [6, 6.07) is 9.67. The van der Waals surface area contributed by atoms with E-state index in [1.165, 1.54) is 23.4 Å². The normalized spacial score (nSPS) is 15.2. The number of pyridine rings is 1. The van der Waals surface area contributed by atoms with Crippen LogP contribution in [0.5, 0.6) is 0 Å². The van der Waals surface area contributed by atoms with Crippen LogP contribution in [0.4, 0.5) is 5.69 Å². The zero-order valence-corrected chi connectivity index (χ0v) is 15.8. The van der Waals surface area contributed by atoms with Crippen LogP contribution in [0.3, 0.4) is 0 Å². The molecule has 1 N–H and O–H groups in total. The highest BCUT2D eigenvalue weighted by atomic mass is 32.2. The van der Waals surface area contributed by atoms with Crippen molar-refractivity contribution < 1.29 is 17.7 Å². The topological polar surface area (TPSA) is 118 Å². The van der Waals surface area contributed by atoms with Gasteiger partial charge in [0.1, 0.15) is 0 Å². The third-order valence-corrected chi connectivity index (χ3v) is 6.22. The Balaban J connectivity index is 1.43. The number of hydrogen-bond donors (Lipinski definition) is 1. The number of carbonyl (C=O) groups excluding carboxylic acids is 1. The highest BCUT2D eigenvalue weighted by Gasteiger charge is 2.40. The molecule has 0 bridgehead atoms. The third kappa shape index (κ3) is 3.51. The Morgan fingerprint density at radius 1 is 1.21 bits per heavy atom. The lowest BCUT2D eigenvalue weighted by Crippen LogP contribution is -2.48. The van der Waals surface area contributed by atoms with Crippen LogP contribution in [0.2, 0.25) is 0 Å². The minimum Gasteiger partial charge on any atom is -0.339 e. The minimum absolute atomic E-state index is 0.147. The number of hydrogen-bond acceptors (Lipinski definition) is 7. The summed E-state index contributed by atoms with van der Waals surface area (Å²) in [5, 5.41) is 6.55. The average Bonchev–Trinajstić information content (AvgIpc) is 3.10. The summed E-state index contributed by atoms with van der Waals surface area (Å²) in [7, 11) is -3.61. The Morgan fingerprint density at radius 3 is 2.61 bits per heavy atom. The lowest BCUT2D eigenvalue weighted by Gasteiger charge is -2.35. The molecule has 0 saturated carbocycles. The molecular weight excluding hydrogens is 382 g/mol. The maximum absolute atomic E-state index is 12.7. The van der Waals surface area contributed by atoms with Crippen LogP contribution >= 0.6 is 0 Å². The van der Waals surface area contributed by atoms with Crippen molar-refractivity contribution in [2.45, 2.75) is 17.7 Å². The minimum atomic E-state index is -3.61. The SMILES string of the molecule is CC(=O)Nc1ccc(S(=O)(=O)N2CC(c3nc(-c4cccnc4)no3)C2)cc1. The highest BCUT2D eigenvalue weighted by Crippen LogP contribution is 2.32. The van der Waals surface area contributed by atoms with Gasteiger partial charge in [-0.25, -0.2) is 8.42 Å². The zero-order chi connectivity index (χ0) is 19.7. The van der Waals surface area contributed by atoms with E-state index in [4.69, 9.17) is 4.52 Å². The van der Waals surface area contributed by atoms with E-state index in [2.05, 4.69) is 20.4 Å². The lowest BCUT2D eigenvalue weighted by atomic mass is 10.0. The van der Waals surface area contributed by atoms with Gasteiger partial charge in [-0.3, -0.25) is 9.78 Å². The molecular formula is C18H17N5O4S. The predicted octanol–water partition coefficient (Wildman–Crippen LogP) is 1.88. The second-order valence-electron chi connectivity index (χ2n) is 6.42. The molecule has 0 atom stereocenters. The molecule has 0 spiro atoms. The summed E-state index contributed by atoms with van der Waals surface area (Å²) in [4.78, 5) is 19.6. The molecule has 10 heteroatoms. The Hall–Kier alpha value is -3.11. The first-order valence-electron chi connectivity index (χ1n) is 8.55. The Labute approximate surface area is 161 Å². The van der Waals surface area contributed by atoms with E-state index in [9.17, 15) is 13.2 Å². The Morgan fingerprint density at radius 2 is 1.96 bits per heavy atom. The van der Waals surface area contributed by atoms with Gasteiger partial charge in [0.15, 0.2) is 0 Å². The number of nitrogens with zero attached hydrogens (tertiary/aromatic N) is 4. The summed E-state index contributed by atoms with van der Waals surface area (Å²) in [5.74, 6) is 0.474. The van der Waals surface area contributed by atoms with Gasteiger partial charge >= 0.3 is 0 Å². The van der Waals surface area contributed by atoms with E-state index in [-0.39, 0.29) is 29.8 Å². The molecule has 0 unspecified atom stereocenters. The van der Waals surface area contributed by atoms with Crippen molar-refractivity contribution in [2.75, 3.05) is 18.4 Å². The summed E-state index contributed by atoms with van der Waals surface area (Å²) in [6.07, 6.45) is 3.29. The first kappa shape index (κ1) is 18.3. The van der Waals surface area contributed by atoms with Gasteiger partial charge in [-0.05, 0) is 36.4 Å². The first-order chi connectivity index (χ1) is 13.4. The summed E-state index contributed by atoms with van der Waals surface area (Å²) < 4.78 is 32.1. The third-order valence-electron chi connectivity index (χ3n) is 4.37. The number of nitrogens with one attached hydrogen (secondary N) is 1. The zero-order valence-electron chi connectivity index (χ0n) is 14.9. The van der Waals surface area contributed by atoms with Gasteiger partial charge in [-0.15, -0.1) is 0 Å². The predicted molar refractivity (Wildman–Crippen MR) is 99.8 cm³/mol. The summed E-state index contributed by atoms with van der Waals surface area (Å²) in [5.41, 5.74) is 1.28. The molecule has 3 heterocycles. The van der Waals surface area contributed by atoms with Gasteiger partial charge in [0.2, 0.25) is 27.6 Å². The fourth-order valence-corrected chi connectivity index (χ4v) is 4.40. The fourth-order valence-electron chi connectivity index (χ4n) is 2.87. The highest BCUT2D eigenvalue weighted by molar-refractivity contribution is 7.89. The molecule has 9 nitrogen and oxygen atoms in total. The average molecular weight is 399 g/mol. The Kier molecular flexibility index (Phi) is 4.65. The number of anilines is 1. The quantitative estimate of drug-likeness (QED) is 0.696. The van der Waals surface area contributed by atoms with E-state index in [0.29, 0.717) is 17.4 Å². The molecule has 1 aromatic carbocycles. The molecule has 0 radical (unpaired) electrons. The monoisotopic (exact) mass is 399 g/mol. The van der Waals surface area contributed by atoms with E-state index in [0.717, 1.165) is 5.56 Å². The summed E-state index contributed by atoms with van der Waals surface area (Å²) in [6.45, 7) is 1.93. The first-order valence-corrected chi connectivity index (χ1v) is 9.99. The van der Waals surface area contributed by atoms with Crippen LogP contribution in [-0.2, 0) is 14.8 Å². The van der Waals surface area contributed by atoms with Crippen LogP contribution < -0.4 is 5.32 Å². The van der Waals surface area contributed by atoms with E-state index in [1.54, 1.807) is 30.6 Å². The van der Waals surface area contributed by atoms with Crippen LogP contribution in [0, 0.1) is 0 Å². The molecule has 2 aromatic heterocycles. The van der Waals surface area contributed by atoms with E-state index >= 15 is 0 Å². The van der Waals surface area contributed by atoms with Crippen molar-refractivity contribution >= 4 is 21.6 Å². The fraction of sp³-hybridized carbons (Fsp3) is 0.222. The van der Waals surface area contributed by atoms with Gasteiger partial charge in [0, 0.05) is 43.7 Å². The van der Waals surface area contributed by atoms with Gasteiger partial charge in [-0.2, -0.15) is 9.29 Å². The maximum atomic E-state index is 12.7. The molecule has 1 aliphatic rings.